The molecule has 0 amide bonds. The van der Waals surface area contributed by atoms with Crippen molar-refractivity contribution in [2.45, 2.75) is 42.6 Å². The smallest absolute Gasteiger partial charge is 0.422 e. The van der Waals surface area contributed by atoms with E-state index in [0.29, 0.717) is 12.3 Å². The van der Waals surface area contributed by atoms with Gasteiger partial charge in [-0.15, -0.1) is 10.2 Å². The van der Waals surface area contributed by atoms with Gasteiger partial charge in [-0.1, -0.05) is 42.1 Å². The summed E-state index contributed by atoms with van der Waals surface area (Å²) in [6.45, 7) is 0.0780. The molecule has 1 fully saturated rings. The maximum Gasteiger partial charge on any atom is 0.422 e. The van der Waals surface area contributed by atoms with Crippen molar-refractivity contribution in [2.75, 3.05) is 13.2 Å². The van der Waals surface area contributed by atoms with Gasteiger partial charge < -0.3 is 14.5 Å². The summed E-state index contributed by atoms with van der Waals surface area (Å²) in [6, 6.07) is 14.7. The first-order chi connectivity index (χ1) is 16.5. The van der Waals surface area contributed by atoms with Crippen molar-refractivity contribution in [3.63, 3.8) is 0 Å². The highest BCUT2D eigenvalue weighted by molar-refractivity contribution is 7.98. The molecule has 1 aliphatic heterocycles. The summed E-state index contributed by atoms with van der Waals surface area (Å²) >= 11 is 1.49. The number of H-pyrrole nitrogens is 1. The van der Waals surface area contributed by atoms with Gasteiger partial charge in [-0.25, -0.2) is 0 Å². The molecule has 0 bridgehead atoms. The molecule has 1 atom stereocenters. The van der Waals surface area contributed by atoms with Crippen molar-refractivity contribution in [1.82, 2.24) is 19.7 Å². The molecular weight excluding hydrogens is 465 g/mol. The minimum Gasteiger partial charge on any atom is -0.484 e. The molecule has 10 heteroatoms. The molecule has 0 spiro atoms. The predicted octanol–water partition coefficient (Wildman–Crippen LogP) is 5.84. The molecule has 2 aromatic heterocycles. The van der Waals surface area contributed by atoms with Crippen LogP contribution in [0.4, 0.5) is 13.2 Å². The Hall–Kier alpha value is -2.98. The fraction of sp³-hybridized carbons (Fsp3) is 0.333. The van der Waals surface area contributed by atoms with E-state index in [2.05, 4.69) is 19.7 Å². The number of hydrogen-bond acceptors (Lipinski definition) is 5. The summed E-state index contributed by atoms with van der Waals surface area (Å²) < 4.78 is 50.3. The summed E-state index contributed by atoms with van der Waals surface area (Å²) in [7, 11) is 0. The lowest BCUT2D eigenvalue weighted by atomic mass is 10.1. The van der Waals surface area contributed by atoms with Crippen LogP contribution in [0.3, 0.4) is 0 Å². The Labute approximate surface area is 198 Å². The molecule has 1 N–H and O–H groups in total. The third-order valence-corrected chi connectivity index (χ3v) is 6.66. The van der Waals surface area contributed by atoms with Crippen LogP contribution in [0, 0.1) is 0 Å². The van der Waals surface area contributed by atoms with E-state index in [1.54, 1.807) is 12.1 Å². The number of ether oxygens (including phenoxy) is 2. The molecular formula is C24H23F3N4O2S. The number of aromatic nitrogens is 4. The highest BCUT2D eigenvalue weighted by atomic mass is 32.2. The molecule has 178 valence electrons. The Morgan fingerprint density at radius 1 is 1.15 bits per heavy atom. The van der Waals surface area contributed by atoms with Crippen LogP contribution in [0.5, 0.6) is 5.75 Å². The third kappa shape index (κ3) is 5.23. The first-order valence-corrected chi connectivity index (χ1v) is 12.0. The Bertz CT molecular complexity index is 1260. The Morgan fingerprint density at radius 3 is 2.85 bits per heavy atom. The molecule has 6 nitrogen and oxygen atoms in total. The Kier molecular flexibility index (Phi) is 6.51. The van der Waals surface area contributed by atoms with Crippen LogP contribution in [0.2, 0.25) is 0 Å². The van der Waals surface area contributed by atoms with Crippen LogP contribution in [-0.4, -0.2) is 45.2 Å². The minimum absolute atomic E-state index is 0.0957. The number of alkyl halides is 3. The molecule has 0 aliphatic carbocycles. The number of fused-ring (bicyclic) bond motifs is 1. The maximum atomic E-state index is 12.5. The molecule has 4 aromatic rings. The molecule has 1 aliphatic rings. The summed E-state index contributed by atoms with van der Waals surface area (Å²) in [5.41, 5.74) is 2.83. The van der Waals surface area contributed by atoms with Crippen molar-refractivity contribution in [1.29, 1.82) is 0 Å². The molecule has 34 heavy (non-hydrogen) atoms. The zero-order valence-electron chi connectivity index (χ0n) is 18.2. The molecule has 0 radical (unpaired) electrons. The van der Waals surface area contributed by atoms with Gasteiger partial charge in [0, 0.05) is 35.0 Å². The van der Waals surface area contributed by atoms with E-state index < -0.39 is 12.8 Å². The van der Waals surface area contributed by atoms with Gasteiger partial charge in [-0.05, 0) is 36.6 Å². The summed E-state index contributed by atoms with van der Waals surface area (Å²) in [4.78, 5) is 3.29. The van der Waals surface area contributed by atoms with Crippen LogP contribution in [0.1, 0.15) is 18.4 Å². The Balaban J connectivity index is 1.38. The highest BCUT2D eigenvalue weighted by Gasteiger charge is 2.28. The number of hydrogen-bond donors (Lipinski definition) is 1. The van der Waals surface area contributed by atoms with Crippen molar-refractivity contribution in [3.8, 4) is 17.1 Å². The number of para-hydroxylation sites is 1. The van der Waals surface area contributed by atoms with Crippen LogP contribution in [0.25, 0.3) is 22.3 Å². The largest absolute Gasteiger partial charge is 0.484 e. The van der Waals surface area contributed by atoms with Gasteiger partial charge in [-0.3, -0.25) is 4.57 Å². The van der Waals surface area contributed by atoms with E-state index in [1.807, 2.05) is 36.5 Å². The fourth-order valence-electron chi connectivity index (χ4n) is 4.05. The lowest BCUT2D eigenvalue weighted by molar-refractivity contribution is -0.153. The van der Waals surface area contributed by atoms with Crippen LogP contribution in [-0.2, 0) is 17.0 Å². The van der Waals surface area contributed by atoms with Gasteiger partial charge >= 0.3 is 6.18 Å². The third-order valence-electron chi connectivity index (χ3n) is 5.63. The standard InChI is InChI=1S/C24H23F3N4O2S/c25-24(26,27)15-33-17-6-3-5-16(11-17)14-34-23-30-29-22(31(23)13-18-7-4-10-32-18)20-12-28-21-9-2-1-8-19(20)21/h1-3,5-6,8-9,11-12,18,28H,4,7,10,13-15H2. The molecule has 5 rings (SSSR count). The molecule has 3 heterocycles. The number of nitrogens with zero attached hydrogens (tertiary/aromatic N) is 3. The molecule has 0 saturated carbocycles. The lowest BCUT2D eigenvalue weighted by Crippen LogP contribution is -2.19. The van der Waals surface area contributed by atoms with Crippen molar-refractivity contribution in [2.24, 2.45) is 0 Å². The fourth-order valence-corrected chi connectivity index (χ4v) is 4.94. The zero-order valence-corrected chi connectivity index (χ0v) is 19.0. The SMILES string of the molecule is FC(F)(F)COc1cccc(CSc2nnc(-c3c[nH]c4ccccc34)n2CC2CCCO2)c1. The normalized spacial score (nSPS) is 16.4. The van der Waals surface area contributed by atoms with Gasteiger partial charge in [0.15, 0.2) is 17.6 Å². The number of aromatic amines is 1. The predicted molar refractivity (Wildman–Crippen MR) is 124 cm³/mol. The summed E-state index contributed by atoms with van der Waals surface area (Å²) in [5, 5.41) is 10.8. The first kappa shape index (κ1) is 22.8. The first-order valence-electron chi connectivity index (χ1n) is 11.0. The minimum atomic E-state index is -4.37. The quantitative estimate of drug-likeness (QED) is 0.316. The van der Waals surface area contributed by atoms with Gasteiger partial charge in [0.05, 0.1) is 12.6 Å². The summed E-state index contributed by atoms with van der Waals surface area (Å²) in [6.07, 6.45) is -0.325. The van der Waals surface area contributed by atoms with Crippen LogP contribution < -0.4 is 4.74 Å². The van der Waals surface area contributed by atoms with E-state index >= 15 is 0 Å². The van der Waals surface area contributed by atoms with E-state index in [1.165, 1.54) is 17.8 Å². The van der Waals surface area contributed by atoms with Crippen molar-refractivity contribution >= 4 is 22.7 Å². The average Bonchev–Trinajstić information content (AvgIpc) is 3.57. The topological polar surface area (TPSA) is 65.0 Å². The molecule has 1 saturated heterocycles. The van der Waals surface area contributed by atoms with Gasteiger partial charge in [0.2, 0.25) is 0 Å². The molecule has 1 unspecified atom stereocenters. The number of nitrogens with one attached hydrogen (secondary N) is 1. The van der Waals surface area contributed by atoms with Crippen molar-refractivity contribution < 1.29 is 22.6 Å². The van der Waals surface area contributed by atoms with Crippen molar-refractivity contribution in [3.05, 3.63) is 60.3 Å². The summed E-state index contributed by atoms with van der Waals surface area (Å²) in [5.74, 6) is 1.47. The average molecular weight is 489 g/mol. The Morgan fingerprint density at radius 2 is 2.03 bits per heavy atom. The molecule has 2 aromatic carbocycles. The van der Waals surface area contributed by atoms with Gasteiger partial charge in [0.25, 0.3) is 0 Å². The number of benzene rings is 2. The van der Waals surface area contributed by atoms with Crippen LogP contribution >= 0.6 is 11.8 Å². The van der Waals surface area contributed by atoms with E-state index in [-0.39, 0.29) is 11.9 Å². The van der Waals surface area contributed by atoms with E-state index in [9.17, 15) is 13.2 Å². The van der Waals surface area contributed by atoms with Gasteiger partial charge in [-0.2, -0.15) is 13.2 Å². The second-order valence-electron chi connectivity index (χ2n) is 8.14. The number of halogens is 3. The number of thioether (sulfide) groups is 1. The zero-order chi connectivity index (χ0) is 23.5. The lowest BCUT2D eigenvalue weighted by Gasteiger charge is -2.15. The second kappa shape index (κ2) is 9.71. The van der Waals surface area contributed by atoms with E-state index in [0.717, 1.165) is 52.5 Å². The second-order valence-corrected chi connectivity index (χ2v) is 9.08. The monoisotopic (exact) mass is 488 g/mol. The van der Waals surface area contributed by atoms with Gasteiger partial charge in [0.1, 0.15) is 5.75 Å². The maximum absolute atomic E-state index is 12.5. The van der Waals surface area contributed by atoms with Crippen LogP contribution in [0.15, 0.2) is 59.9 Å². The number of rotatable bonds is 8. The highest BCUT2D eigenvalue weighted by Crippen LogP contribution is 2.32. The van der Waals surface area contributed by atoms with E-state index in [4.69, 9.17) is 9.47 Å².